The molecule has 5 heterocycles. The van der Waals surface area contributed by atoms with Gasteiger partial charge < -0.3 is 19.4 Å². The third-order valence-corrected chi connectivity index (χ3v) is 6.57. The first-order valence-electron chi connectivity index (χ1n) is 11.2. The molecule has 0 bridgehead atoms. The van der Waals surface area contributed by atoms with Crippen LogP contribution in [-0.4, -0.2) is 34.6 Å². The van der Waals surface area contributed by atoms with Crippen LogP contribution in [0, 0.1) is 5.82 Å². The molecule has 0 unspecified atom stereocenters. The lowest BCUT2D eigenvalue weighted by molar-refractivity contribution is -0.115. The smallest absolute Gasteiger partial charge is 0.231 e. The van der Waals surface area contributed by atoms with Crippen LogP contribution >= 0.6 is 15.9 Å². The van der Waals surface area contributed by atoms with Gasteiger partial charge in [-0.1, -0.05) is 6.07 Å². The molecule has 35 heavy (non-hydrogen) atoms. The number of halogens is 2. The topological polar surface area (TPSA) is 102 Å². The largest absolute Gasteiger partial charge is 0.364 e. The number of fused-ring (bicyclic) bond motifs is 2. The molecule has 6 rings (SSSR count). The van der Waals surface area contributed by atoms with Gasteiger partial charge in [-0.25, -0.2) is 24.3 Å². The fraction of sp³-hybridized carbons (Fsp3) is 0.208. The van der Waals surface area contributed by atoms with Crippen molar-refractivity contribution in [3.8, 4) is 0 Å². The number of anilines is 2. The lowest BCUT2D eigenvalue weighted by atomic mass is 10.2. The highest BCUT2D eigenvalue weighted by atomic mass is 79.9. The predicted octanol–water partition coefficient (Wildman–Crippen LogP) is 4.34. The summed E-state index contributed by atoms with van der Waals surface area (Å²) in [6.45, 7) is 0.472. The van der Waals surface area contributed by atoms with Gasteiger partial charge in [0.05, 0.1) is 35.2 Å². The lowest BCUT2D eigenvalue weighted by Gasteiger charge is -2.07. The lowest BCUT2D eigenvalue weighted by Crippen LogP contribution is -2.16. The minimum absolute atomic E-state index is 0.0965. The van der Waals surface area contributed by atoms with Gasteiger partial charge in [-0.05, 0) is 52.4 Å². The van der Waals surface area contributed by atoms with E-state index in [2.05, 4.69) is 63.2 Å². The minimum Gasteiger partial charge on any atom is -0.364 e. The van der Waals surface area contributed by atoms with E-state index in [4.69, 9.17) is 0 Å². The Bertz CT molecular complexity index is 1570. The van der Waals surface area contributed by atoms with Crippen LogP contribution in [0.25, 0.3) is 11.2 Å². The maximum absolute atomic E-state index is 14.5. The molecular formula is C24H20BrFN8O. The van der Waals surface area contributed by atoms with E-state index >= 15 is 0 Å². The molecule has 0 spiro atoms. The average Bonchev–Trinajstić information content (AvgIpc) is 3.50. The van der Waals surface area contributed by atoms with Crippen LogP contribution in [0.1, 0.15) is 35.7 Å². The fourth-order valence-electron chi connectivity index (χ4n) is 4.06. The molecule has 5 aromatic rings. The molecule has 1 saturated carbocycles. The second kappa shape index (κ2) is 8.73. The van der Waals surface area contributed by atoms with Gasteiger partial charge in [0.15, 0.2) is 5.82 Å². The molecule has 5 aromatic heterocycles. The third kappa shape index (κ3) is 4.46. The Hall–Kier alpha value is -3.86. The highest BCUT2D eigenvalue weighted by molar-refractivity contribution is 9.10. The van der Waals surface area contributed by atoms with Crippen molar-refractivity contribution < 1.29 is 9.18 Å². The number of pyridine rings is 2. The van der Waals surface area contributed by atoms with Gasteiger partial charge in [-0.15, -0.1) is 0 Å². The monoisotopic (exact) mass is 534 g/mol. The first-order chi connectivity index (χ1) is 17.0. The van der Waals surface area contributed by atoms with Crippen LogP contribution in [0.2, 0.25) is 0 Å². The summed E-state index contributed by atoms with van der Waals surface area (Å²) in [7, 11) is 0. The zero-order chi connectivity index (χ0) is 23.9. The number of amides is 1. The van der Waals surface area contributed by atoms with Gasteiger partial charge >= 0.3 is 0 Å². The van der Waals surface area contributed by atoms with Crippen LogP contribution in [0.15, 0.2) is 60.0 Å². The number of imidazole rings is 2. The third-order valence-electron chi connectivity index (χ3n) is 5.95. The number of nitrogens with one attached hydrogen (secondary N) is 2. The number of hydrogen-bond donors (Lipinski definition) is 2. The molecule has 0 aromatic carbocycles. The van der Waals surface area contributed by atoms with Crippen molar-refractivity contribution in [2.45, 2.75) is 31.7 Å². The number of nitrogens with zero attached hydrogens (tertiary/aromatic N) is 6. The van der Waals surface area contributed by atoms with E-state index in [9.17, 15) is 9.18 Å². The van der Waals surface area contributed by atoms with Crippen LogP contribution in [0.4, 0.5) is 16.0 Å². The van der Waals surface area contributed by atoms with E-state index in [0.717, 1.165) is 11.3 Å². The van der Waals surface area contributed by atoms with E-state index in [1.54, 1.807) is 22.7 Å². The molecule has 1 aliphatic carbocycles. The minimum atomic E-state index is -0.461. The first kappa shape index (κ1) is 21.7. The van der Waals surface area contributed by atoms with Crippen molar-refractivity contribution in [1.29, 1.82) is 0 Å². The Morgan fingerprint density at radius 2 is 1.97 bits per heavy atom. The quantitative estimate of drug-likeness (QED) is 0.322. The summed E-state index contributed by atoms with van der Waals surface area (Å²) in [5.74, 6) is 0.750. The van der Waals surface area contributed by atoms with Gasteiger partial charge in [-0.2, -0.15) is 0 Å². The molecule has 1 fully saturated rings. The number of carbonyl (C=O) groups is 1. The number of aromatic nitrogens is 6. The van der Waals surface area contributed by atoms with Gasteiger partial charge in [0, 0.05) is 24.7 Å². The zero-order valence-electron chi connectivity index (χ0n) is 18.4. The summed E-state index contributed by atoms with van der Waals surface area (Å²) >= 11 is 3.17. The number of hydrogen-bond acceptors (Lipinski definition) is 6. The van der Waals surface area contributed by atoms with Crippen molar-refractivity contribution in [3.63, 3.8) is 0 Å². The highest BCUT2D eigenvalue weighted by Gasteiger charge is 2.23. The second-order valence-electron chi connectivity index (χ2n) is 8.53. The predicted molar refractivity (Wildman–Crippen MR) is 132 cm³/mol. The molecule has 176 valence electrons. The molecule has 0 saturated heterocycles. The Balaban J connectivity index is 1.11. The number of carbonyl (C=O) groups excluding carboxylic acids is 1. The Labute approximate surface area is 207 Å². The van der Waals surface area contributed by atoms with E-state index < -0.39 is 5.82 Å². The maximum Gasteiger partial charge on any atom is 0.231 e. The molecule has 11 heteroatoms. The second-order valence-corrected chi connectivity index (χ2v) is 9.38. The Morgan fingerprint density at radius 1 is 1.11 bits per heavy atom. The van der Waals surface area contributed by atoms with Crippen LogP contribution < -0.4 is 10.6 Å². The standard InChI is InChI=1S/C24H20BrFN8O/c25-17-5-6-33-13-30-18(24(33)23(17)26)7-22(35)32-20-8-19(28-12-29-20)27-9-16-11-34-10-15(14-1-2-14)3-4-21(34)31-16/h3-6,8,10-14H,1-2,7,9H2,(H2,27,28,29,32,35). The Morgan fingerprint density at radius 3 is 2.83 bits per heavy atom. The van der Waals surface area contributed by atoms with Crippen molar-refractivity contribution in [2.24, 2.45) is 0 Å². The van der Waals surface area contributed by atoms with Crippen molar-refractivity contribution >= 4 is 44.6 Å². The van der Waals surface area contributed by atoms with E-state index in [-0.39, 0.29) is 17.8 Å². The van der Waals surface area contributed by atoms with E-state index in [1.807, 2.05) is 12.3 Å². The van der Waals surface area contributed by atoms with Crippen molar-refractivity contribution in [2.75, 3.05) is 10.6 Å². The van der Waals surface area contributed by atoms with Crippen LogP contribution in [0.5, 0.6) is 0 Å². The molecule has 0 aliphatic heterocycles. The zero-order valence-corrected chi connectivity index (χ0v) is 20.0. The molecule has 0 atom stereocenters. The van der Waals surface area contributed by atoms with Crippen LogP contribution in [0.3, 0.4) is 0 Å². The van der Waals surface area contributed by atoms with Gasteiger partial charge in [0.1, 0.15) is 29.1 Å². The average molecular weight is 535 g/mol. The van der Waals surface area contributed by atoms with Gasteiger partial charge in [-0.3, -0.25) is 4.79 Å². The first-order valence-corrected chi connectivity index (χ1v) is 12.0. The Kier molecular flexibility index (Phi) is 5.40. The molecule has 1 amide bonds. The van der Waals surface area contributed by atoms with Crippen LogP contribution in [-0.2, 0) is 17.8 Å². The normalized spacial score (nSPS) is 13.4. The summed E-state index contributed by atoms with van der Waals surface area (Å²) in [5, 5.41) is 5.95. The van der Waals surface area contributed by atoms with Crippen molar-refractivity contribution in [1.82, 2.24) is 28.7 Å². The molecule has 9 nitrogen and oxygen atoms in total. The maximum atomic E-state index is 14.5. The fourth-order valence-corrected chi connectivity index (χ4v) is 4.37. The SMILES string of the molecule is O=C(Cc1ncn2ccc(Br)c(F)c12)Nc1cc(NCc2cn3cc(C4CC4)ccc3n2)ncn1. The molecule has 2 N–H and O–H groups in total. The summed E-state index contributed by atoms with van der Waals surface area (Å²) in [6, 6.07) is 7.42. The number of rotatable bonds is 7. The molecular weight excluding hydrogens is 515 g/mol. The van der Waals surface area contributed by atoms with Gasteiger partial charge in [0.25, 0.3) is 0 Å². The molecule has 1 aliphatic rings. The molecule has 0 radical (unpaired) electrons. The highest BCUT2D eigenvalue weighted by Crippen LogP contribution is 2.39. The summed E-state index contributed by atoms with van der Waals surface area (Å²) in [4.78, 5) is 29.8. The van der Waals surface area contributed by atoms with Crippen molar-refractivity contribution in [3.05, 3.63) is 82.8 Å². The van der Waals surface area contributed by atoms with E-state index in [0.29, 0.717) is 34.3 Å². The summed E-state index contributed by atoms with van der Waals surface area (Å²) in [5.41, 5.74) is 3.73. The summed E-state index contributed by atoms with van der Waals surface area (Å²) < 4.78 is 18.4. The summed E-state index contributed by atoms with van der Waals surface area (Å²) in [6.07, 6.45) is 11.1. The van der Waals surface area contributed by atoms with E-state index in [1.165, 1.54) is 31.1 Å². The van der Waals surface area contributed by atoms with Gasteiger partial charge in [0.2, 0.25) is 5.91 Å².